The van der Waals surface area contributed by atoms with E-state index >= 15 is 0 Å². The summed E-state index contributed by atoms with van der Waals surface area (Å²) in [6.07, 6.45) is 18.8. The van der Waals surface area contributed by atoms with E-state index in [9.17, 15) is 0 Å². The number of fused-ring (bicyclic) bond motifs is 8. The number of halogens is 2. The maximum Gasteiger partial charge on any atom is 0.115 e. The highest BCUT2D eigenvalue weighted by molar-refractivity contribution is 7.18. The summed E-state index contributed by atoms with van der Waals surface area (Å²) in [7, 11) is 0. The van der Waals surface area contributed by atoms with Crippen molar-refractivity contribution in [2.24, 2.45) is 15.4 Å². The number of hydrogen-bond acceptors (Lipinski definition) is 12. The monoisotopic (exact) mass is 2070 g/mol. The fraction of sp³-hybridized carbons (Fsp3) is 0.463. The third kappa shape index (κ3) is 34.1. The first kappa shape index (κ1) is 122. The van der Waals surface area contributed by atoms with Crippen molar-refractivity contribution >= 4 is 113 Å². The summed E-state index contributed by atoms with van der Waals surface area (Å²) in [6.45, 7) is 96.0. The number of benzene rings is 7. The molecule has 3 aliphatic carbocycles. The van der Waals surface area contributed by atoms with Crippen molar-refractivity contribution in [1.82, 2.24) is 39.5 Å². The van der Waals surface area contributed by atoms with Crippen LogP contribution in [0.4, 0.5) is 5.69 Å². The van der Waals surface area contributed by atoms with Gasteiger partial charge in [0.2, 0.25) is 0 Å². The second-order valence-electron chi connectivity index (χ2n) is 52.1. The first-order valence-electron chi connectivity index (χ1n) is 53.6. The van der Waals surface area contributed by atoms with Gasteiger partial charge < -0.3 is 4.57 Å². The first-order valence-corrected chi connectivity index (χ1v) is 56.0. The van der Waals surface area contributed by atoms with E-state index in [-0.39, 0.29) is 59.6 Å². The Labute approximate surface area is 917 Å². The largest absolute Gasteiger partial charge is 0.328 e. The van der Waals surface area contributed by atoms with Crippen molar-refractivity contribution in [3.8, 4) is 6.07 Å². The molecule has 9 heterocycles. The number of allylic oxidation sites excluding steroid dienone is 3. The second-order valence-corrected chi connectivity index (χ2v) is 55.0. The summed E-state index contributed by atoms with van der Waals surface area (Å²) in [6, 6.07) is 59.3. The normalized spacial score (nSPS) is 13.8. The standard InChI is InChI=1S/C17H21N.C14H17Cl.C14H17N.C13H15Cl.C13H18N2.C13H17NS.C12H15N.C10H17N.C10H15N.C9H14N2.C9H11NS/c1-17(2,3)16-12-8-4-6-10-14(12)18-15-11-7-5-9-13(15)16;1-9-5-10-7-11(14(2,3)4)8-13(15)12(10)6-9;1-10-9-15-12-8-6-5-7-11(12)13(10)14(2,3)4;1-13(2,3)10-7-9-5-4-6-11(9)12(14)8-10;1-5-15-11-9-7-6-8-10(11)14-12(15)13(2,3)4;1-8-6-9(2)11-10(7-8)15-12(14-11)13(3,4)5;1-12(2,3)10-4-5-11-9(8-10)6-7-13-11;1-7-6-11-8(2)9(7)10(3,4)5;1-8-6-5-7-9(11-8)10(2,3)4;1-7-5-8(9(2,3)4)11-6-10-7;1-9(2,3)8-5-4-7(6-10)11-8/h4,6,8,10H,5,7,9,11H2,1-3H3;7-8H,1,5-6H2,2-4H3;5-9H,1-4H3;4,6-8H,5H2,1-3H3;6-9H,5H2,1-4H3;6-7H,1-5H3;4-5,7-8H,6H2,1-3H3;6H2,1-5H3;5-7H,1-4H3;5-6H,1-4H3;4-5H,1-3H3. The molecule has 0 N–H and O–H groups in total. The Balaban J connectivity index is 0.000000183. The molecule has 0 radical (unpaired) electrons. The zero-order valence-electron chi connectivity index (χ0n) is 98.7. The molecule has 19 rings (SSSR count). The molecule has 0 fully saturated rings. The van der Waals surface area contributed by atoms with E-state index in [1.54, 1.807) is 17.7 Å². The number of nitrogens with zero attached hydrogens (tertiary/aromatic N) is 11. The number of aliphatic imine (C=N–C) groups is 2. The molecule has 0 spiro atoms. The van der Waals surface area contributed by atoms with Gasteiger partial charge in [0.15, 0.2) is 0 Å². The predicted octanol–water partition coefficient (Wildman–Crippen LogP) is 38.1. The van der Waals surface area contributed by atoms with Gasteiger partial charge in [0, 0.05) is 107 Å². The highest BCUT2D eigenvalue weighted by Gasteiger charge is 2.31. The average Bonchev–Trinajstić information content (AvgIpc) is 1.43. The zero-order valence-corrected chi connectivity index (χ0v) is 102. The van der Waals surface area contributed by atoms with Crippen LogP contribution >= 0.6 is 45.9 Å². The zero-order chi connectivity index (χ0) is 111. The summed E-state index contributed by atoms with van der Waals surface area (Å²) < 4.78 is 3.62. The minimum Gasteiger partial charge on any atom is -0.328 e. The number of rotatable bonds is 1. The number of aromatic nitrogens is 8. The maximum atomic E-state index is 8.58. The number of pyridine rings is 3. The van der Waals surface area contributed by atoms with Crippen LogP contribution in [0.2, 0.25) is 10.0 Å². The summed E-state index contributed by atoms with van der Waals surface area (Å²) in [5.74, 6) is 1.17. The molecule has 15 heteroatoms. The van der Waals surface area contributed by atoms with E-state index < -0.39 is 0 Å². The highest BCUT2D eigenvalue weighted by atomic mass is 35.5. The number of thiophene rings is 1. The minimum atomic E-state index is 0.106. The van der Waals surface area contributed by atoms with Crippen molar-refractivity contribution in [1.29, 1.82) is 5.26 Å². The van der Waals surface area contributed by atoms with Crippen LogP contribution in [-0.2, 0) is 99.2 Å². The number of aryl methyl sites for hydroxylation is 7. The van der Waals surface area contributed by atoms with Crippen LogP contribution in [0, 0.1) is 51.4 Å². The maximum absolute atomic E-state index is 8.58. The van der Waals surface area contributed by atoms with Gasteiger partial charge in [-0.3, -0.25) is 24.9 Å². The van der Waals surface area contributed by atoms with Crippen molar-refractivity contribution in [2.75, 3.05) is 6.54 Å². The Kier molecular flexibility index (Phi) is 40.7. The van der Waals surface area contributed by atoms with E-state index in [1.807, 2.05) is 74.0 Å². The smallest absolute Gasteiger partial charge is 0.115 e. The van der Waals surface area contributed by atoms with E-state index in [0.29, 0.717) is 0 Å². The third-order valence-electron chi connectivity index (χ3n) is 26.7. The number of hydrogen-bond donors (Lipinski definition) is 0. The molecule has 7 aromatic carbocycles. The van der Waals surface area contributed by atoms with Gasteiger partial charge in [-0.1, -0.05) is 361 Å². The number of imidazole rings is 1. The Morgan fingerprint density at radius 1 is 0.443 bits per heavy atom. The van der Waals surface area contributed by atoms with E-state index in [4.69, 9.17) is 43.4 Å². The van der Waals surface area contributed by atoms with Crippen molar-refractivity contribution in [3.05, 3.63) is 343 Å². The summed E-state index contributed by atoms with van der Waals surface area (Å²) >= 11 is 15.9. The third-order valence-corrected chi connectivity index (χ3v) is 30.2. The lowest BCUT2D eigenvalue weighted by molar-refractivity contribution is 0.512. The molecular formula is C134H177Cl2N11S2. The molecule has 149 heavy (non-hydrogen) atoms. The van der Waals surface area contributed by atoms with Gasteiger partial charge in [0.05, 0.1) is 49.5 Å². The summed E-state index contributed by atoms with van der Waals surface area (Å²) in [4.78, 5) is 42.3. The molecule has 794 valence electrons. The topological polar surface area (TPSA) is 144 Å². The molecule has 11 nitrogen and oxygen atoms in total. The molecule has 0 atom stereocenters. The Hall–Kier alpha value is -10.7. The Morgan fingerprint density at radius 3 is 1.54 bits per heavy atom. The number of para-hydroxylation sites is 4. The van der Waals surface area contributed by atoms with Gasteiger partial charge in [0.1, 0.15) is 23.1 Å². The Morgan fingerprint density at radius 2 is 1.02 bits per heavy atom. The van der Waals surface area contributed by atoms with Crippen LogP contribution < -0.4 is 0 Å². The molecular weight excluding hydrogens is 1900 g/mol. The molecule has 7 aromatic heterocycles. The van der Waals surface area contributed by atoms with Crippen LogP contribution in [0.15, 0.2) is 216 Å². The molecule has 0 saturated carbocycles. The summed E-state index contributed by atoms with van der Waals surface area (Å²) in [5, 5.41) is 14.2. The van der Waals surface area contributed by atoms with E-state index in [2.05, 4.69) is 457 Å². The van der Waals surface area contributed by atoms with Gasteiger partial charge >= 0.3 is 0 Å². The summed E-state index contributed by atoms with van der Waals surface area (Å²) in [5.41, 5.74) is 39.1. The second kappa shape index (κ2) is 49.8. The lowest BCUT2D eigenvalue weighted by Crippen LogP contribution is -2.19. The minimum absolute atomic E-state index is 0.106. The highest BCUT2D eigenvalue weighted by Crippen LogP contribution is 2.43. The molecule has 0 amide bonds. The van der Waals surface area contributed by atoms with Crippen LogP contribution in [0.25, 0.3) is 49.1 Å². The van der Waals surface area contributed by atoms with E-state index in [0.717, 1.165) is 99.6 Å². The lowest BCUT2D eigenvalue weighted by Gasteiger charge is -2.28. The number of thiazole rings is 1. The van der Waals surface area contributed by atoms with Crippen molar-refractivity contribution < 1.29 is 0 Å². The quantitative estimate of drug-likeness (QED) is 0.148. The molecule has 5 aliphatic rings. The van der Waals surface area contributed by atoms with Gasteiger partial charge in [0.25, 0.3) is 0 Å². The van der Waals surface area contributed by atoms with Crippen LogP contribution in [-0.4, -0.2) is 57.9 Å². The predicted molar refractivity (Wildman–Crippen MR) is 652 cm³/mol. The SMILES string of the molecule is C=C1Cc2cc(C(C)(C)C)cc(Cl)c2C1.CC(C)(C)c1c2c(nc3ccccc13)CCCC2.CC(C)(C)c1cc(Cl)c2c(c1)CC=C2.CC(C)(C)c1ccc(C#N)s1.CC(C)(C)c1ccc2c(c1)CC=N2.CC1=NCC(C)=C1C(C)(C)C.CCn1c(C(C)(C)C)nc2ccccc21.Cc1cc(C(C)(C)C)ncn1.Cc1cc(C)c2nc(C(C)(C)C)sc2c1.Cc1cccc(C(C)(C)C)n1.Cc1cnc2ccccc2c1C(C)(C)C. The van der Waals surface area contributed by atoms with E-state index in [1.165, 1.54) is 173 Å². The van der Waals surface area contributed by atoms with Crippen LogP contribution in [0.3, 0.4) is 0 Å². The van der Waals surface area contributed by atoms with Gasteiger partial charge in [-0.15, -0.1) is 22.7 Å². The van der Waals surface area contributed by atoms with Crippen LogP contribution in [0.1, 0.15) is 389 Å². The molecule has 0 saturated heterocycles. The molecule has 0 unspecified atom stereocenters. The number of nitriles is 1. The molecule has 0 bridgehead atoms. The Bertz CT molecular complexity index is 7120. The average molecular weight is 2080 g/mol. The van der Waals surface area contributed by atoms with Gasteiger partial charge in [-0.25, -0.2) is 19.9 Å². The molecule has 14 aromatic rings. The lowest BCUT2D eigenvalue weighted by atomic mass is 9.78. The first-order chi connectivity index (χ1) is 68.9. The van der Waals surface area contributed by atoms with Crippen molar-refractivity contribution in [2.45, 2.75) is 396 Å². The van der Waals surface area contributed by atoms with Crippen LogP contribution in [0.5, 0.6) is 0 Å². The van der Waals surface area contributed by atoms with Gasteiger partial charge in [-0.05, 0) is 306 Å². The fourth-order valence-corrected chi connectivity index (χ4v) is 21.7. The fourth-order valence-electron chi connectivity index (χ4n) is 19.1. The van der Waals surface area contributed by atoms with Gasteiger partial charge in [-0.2, -0.15) is 5.26 Å². The van der Waals surface area contributed by atoms with Crippen molar-refractivity contribution in [3.63, 3.8) is 0 Å². The molecule has 2 aliphatic heterocycles.